The molecule has 0 aromatic carbocycles. The molecular weight excluding hydrogens is 290 g/mol. The fraction of sp³-hybridized carbons (Fsp3) is 0.667. The Balaban J connectivity index is 1.92. The number of hydrogen-bond donors (Lipinski definition) is 2. The first kappa shape index (κ1) is 17.7. The Labute approximate surface area is 138 Å². The van der Waals surface area contributed by atoms with E-state index >= 15 is 0 Å². The smallest absolute Gasteiger partial charge is 0.253 e. The number of aromatic nitrogens is 1. The van der Waals surface area contributed by atoms with Crippen molar-refractivity contribution in [3.8, 4) is 0 Å². The molecule has 0 saturated carbocycles. The molecule has 1 saturated heterocycles. The number of Topliss-reactive ketones (excluding diaryl/α,β-unsaturated/α-hetero) is 1. The van der Waals surface area contributed by atoms with E-state index in [1.54, 1.807) is 0 Å². The topological polar surface area (TPSA) is 65.2 Å². The summed E-state index contributed by atoms with van der Waals surface area (Å²) in [6.07, 6.45) is 1.14. The van der Waals surface area contributed by atoms with E-state index < -0.39 is 0 Å². The van der Waals surface area contributed by atoms with E-state index in [9.17, 15) is 9.59 Å². The van der Waals surface area contributed by atoms with Gasteiger partial charge in [-0.25, -0.2) is 0 Å². The predicted molar refractivity (Wildman–Crippen MR) is 92.0 cm³/mol. The Morgan fingerprint density at radius 1 is 1.35 bits per heavy atom. The Morgan fingerprint density at radius 2 is 2.04 bits per heavy atom. The highest BCUT2D eigenvalue weighted by Crippen LogP contribution is 2.20. The fourth-order valence-corrected chi connectivity index (χ4v) is 3.53. The first-order valence-corrected chi connectivity index (χ1v) is 8.50. The van der Waals surface area contributed by atoms with Crippen molar-refractivity contribution < 1.29 is 9.59 Å². The number of nitrogens with zero attached hydrogens (tertiary/aromatic N) is 1. The lowest BCUT2D eigenvalue weighted by molar-refractivity contribution is 0.0946. The number of amides is 1. The maximum atomic E-state index is 12.5. The SMILES string of the molecule is CC(=O)c1[nH]c(C)c(C(=O)NC[C@H]2CCN(CC(C)C)C2)c1C. The third-order valence-corrected chi connectivity index (χ3v) is 4.56. The largest absolute Gasteiger partial charge is 0.355 e. The molecule has 1 aromatic heterocycles. The molecule has 1 aliphatic rings. The van der Waals surface area contributed by atoms with Gasteiger partial charge in [0.05, 0.1) is 11.3 Å². The monoisotopic (exact) mass is 319 g/mol. The number of likely N-dealkylation sites (tertiary alicyclic amines) is 1. The summed E-state index contributed by atoms with van der Waals surface area (Å²) >= 11 is 0. The van der Waals surface area contributed by atoms with Crippen molar-refractivity contribution in [3.05, 3.63) is 22.5 Å². The molecule has 1 aromatic rings. The van der Waals surface area contributed by atoms with Crippen molar-refractivity contribution in [3.63, 3.8) is 0 Å². The van der Waals surface area contributed by atoms with Gasteiger partial charge in [-0.3, -0.25) is 9.59 Å². The maximum absolute atomic E-state index is 12.5. The van der Waals surface area contributed by atoms with Gasteiger partial charge in [-0.2, -0.15) is 0 Å². The standard InChI is InChI=1S/C18H29N3O2/c1-11(2)9-21-7-6-15(10-21)8-19-18(23)16-12(3)17(14(5)22)20-13(16)4/h11,15,20H,6-10H2,1-5H3,(H,19,23)/t15-/m1/s1. The van der Waals surface area contributed by atoms with E-state index in [2.05, 4.69) is 29.0 Å². The number of carbonyl (C=O) groups excluding carboxylic acids is 2. The lowest BCUT2D eigenvalue weighted by atomic mass is 10.1. The van der Waals surface area contributed by atoms with Crippen LogP contribution in [0.15, 0.2) is 0 Å². The second-order valence-electron chi connectivity index (χ2n) is 7.20. The van der Waals surface area contributed by atoms with Crippen molar-refractivity contribution >= 4 is 11.7 Å². The summed E-state index contributed by atoms with van der Waals surface area (Å²) in [5.74, 6) is 1.08. The van der Waals surface area contributed by atoms with Gasteiger partial charge in [-0.1, -0.05) is 13.8 Å². The van der Waals surface area contributed by atoms with Gasteiger partial charge in [0.25, 0.3) is 5.91 Å². The summed E-state index contributed by atoms with van der Waals surface area (Å²) in [5, 5.41) is 3.05. The van der Waals surface area contributed by atoms with Crippen LogP contribution in [0, 0.1) is 25.7 Å². The number of ketones is 1. The molecule has 23 heavy (non-hydrogen) atoms. The van der Waals surface area contributed by atoms with Crippen molar-refractivity contribution in [2.75, 3.05) is 26.2 Å². The first-order valence-electron chi connectivity index (χ1n) is 8.50. The van der Waals surface area contributed by atoms with E-state index in [1.165, 1.54) is 6.92 Å². The third-order valence-electron chi connectivity index (χ3n) is 4.56. The summed E-state index contributed by atoms with van der Waals surface area (Å²) in [7, 11) is 0. The van der Waals surface area contributed by atoms with Gasteiger partial charge in [0.2, 0.25) is 0 Å². The zero-order chi connectivity index (χ0) is 17.1. The average molecular weight is 319 g/mol. The number of carbonyl (C=O) groups is 2. The van der Waals surface area contributed by atoms with E-state index in [0.29, 0.717) is 29.6 Å². The van der Waals surface area contributed by atoms with Gasteiger partial charge in [0, 0.05) is 32.3 Å². The van der Waals surface area contributed by atoms with E-state index in [1.807, 2.05) is 13.8 Å². The molecule has 0 bridgehead atoms. The molecule has 0 aliphatic carbocycles. The second-order valence-corrected chi connectivity index (χ2v) is 7.20. The Kier molecular flexibility index (Phi) is 5.63. The van der Waals surface area contributed by atoms with Crippen LogP contribution in [0.25, 0.3) is 0 Å². The van der Waals surface area contributed by atoms with Crippen molar-refractivity contribution in [2.24, 2.45) is 11.8 Å². The van der Waals surface area contributed by atoms with E-state index in [4.69, 9.17) is 0 Å². The van der Waals surface area contributed by atoms with Gasteiger partial charge < -0.3 is 15.2 Å². The first-order chi connectivity index (χ1) is 10.8. The molecule has 2 heterocycles. The Morgan fingerprint density at radius 3 is 2.61 bits per heavy atom. The van der Waals surface area contributed by atoms with Gasteiger partial charge >= 0.3 is 0 Å². The highest BCUT2D eigenvalue weighted by atomic mass is 16.1. The van der Waals surface area contributed by atoms with E-state index in [-0.39, 0.29) is 11.7 Å². The lowest BCUT2D eigenvalue weighted by Gasteiger charge is -2.18. The molecule has 1 amide bonds. The molecule has 1 fully saturated rings. The minimum absolute atomic E-state index is 0.0372. The minimum Gasteiger partial charge on any atom is -0.355 e. The summed E-state index contributed by atoms with van der Waals surface area (Å²) in [6.45, 7) is 13.7. The summed E-state index contributed by atoms with van der Waals surface area (Å²) in [4.78, 5) is 29.6. The molecule has 1 aliphatic heterocycles. The quantitative estimate of drug-likeness (QED) is 0.792. The van der Waals surface area contributed by atoms with Crippen LogP contribution in [0.1, 0.15) is 59.3 Å². The van der Waals surface area contributed by atoms with Crippen LogP contribution in [-0.4, -0.2) is 47.8 Å². The summed E-state index contributed by atoms with van der Waals surface area (Å²) in [5.41, 5.74) is 2.67. The zero-order valence-corrected chi connectivity index (χ0v) is 15.0. The number of aromatic amines is 1. The zero-order valence-electron chi connectivity index (χ0n) is 15.0. The average Bonchev–Trinajstić information content (AvgIpc) is 3.00. The van der Waals surface area contributed by atoms with Crippen LogP contribution >= 0.6 is 0 Å². The maximum Gasteiger partial charge on any atom is 0.253 e. The molecular formula is C18H29N3O2. The number of nitrogens with one attached hydrogen (secondary N) is 2. The van der Waals surface area contributed by atoms with Gasteiger partial charge in [-0.05, 0) is 44.2 Å². The van der Waals surface area contributed by atoms with Crippen molar-refractivity contribution in [2.45, 2.75) is 41.0 Å². The van der Waals surface area contributed by atoms with E-state index in [0.717, 1.165) is 37.3 Å². The number of rotatable bonds is 6. The third kappa shape index (κ3) is 4.22. The molecule has 0 radical (unpaired) electrons. The van der Waals surface area contributed by atoms with Crippen LogP contribution in [0.5, 0.6) is 0 Å². The fourth-order valence-electron chi connectivity index (χ4n) is 3.53. The molecule has 0 spiro atoms. The normalized spacial score (nSPS) is 18.6. The van der Waals surface area contributed by atoms with Crippen molar-refractivity contribution in [1.29, 1.82) is 0 Å². The van der Waals surface area contributed by atoms with Crippen molar-refractivity contribution in [1.82, 2.24) is 15.2 Å². The molecule has 2 rings (SSSR count). The highest BCUT2D eigenvalue weighted by Gasteiger charge is 2.25. The summed E-state index contributed by atoms with van der Waals surface area (Å²) < 4.78 is 0. The highest BCUT2D eigenvalue weighted by molar-refractivity contribution is 6.02. The molecule has 5 heteroatoms. The minimum atomic E-state index is -0.0777. The molecule has 2 N–H and O–H groups in total. The Hall–Kier alpha value is -1.62. The molecule has 0 unspecified atom stereocenters. The molecule has 128 valence electrons. The van der Waals surface area contributed by atoms with Gasteiger partial charge in [0.1, 0.15) is 0 Å². The van der Waals surface area contributed by atoms with Crippen LogP contribution in [0.2, 0.25) is 0 Å². The van der Waals surface area contributed by atoms with Crippen LogP contribution in [0.4, 0.5) is 0 Å². The summed E-state index contributed by atoms with van der Waals surface area (Å²) in [6, 6.07) is 0. The molecule has 5 nitrogen and oxygen atoms in total. The lowest BCUT2D eigenvalue weighted by Crippen LogP contribution is -2.32. The number of hydrogen-bond acceptors (Lipinski definition) is 3. The molecule has 1 atom stereocenters. The van der Waals surface area contributed by atoms with Gasteiger partial charge in [-0.15, -0.1) is 0 Å². The van der Waals surface area contributed by atoms with Crippen LogP contribution in [-0.2, 0) is 0 Å². The van der Waals surface area contributed by atoms with Gasteiger partial charge in [0.15, 0.2) is 5.78 Å². The van der Waals surface area contributed by atoms with Crippen LogP contribution in [0.3, 0.4) is 0 Å². The van der Waals surface area contributed by atoms with Crippen LogP contribution < -0.4 is 5.32 Å². The number of H-pyrrole nitrogens is 1. The predicted octanol–water partition coefficient (Wildman–Crippen LogP) is 2.54. The Bertz CT molecular complexity index is 589. The number of aryl methyl sites for hydroxylation is 1. The second kappa shape index (κ2) is 7.30.